The van der Waals surface area contributed by atoms with Crippen LogP contribution in [0.15, 0.2) is 22.7 Å². The van der Waals surface area contributed by atoms with Crippen molar-refractivity contribution in [3.8, 4) is 0 Å². The minimum absolute atomic E-state index is 0.296. The number of nitrogen functional groups attached to an aromatic ring is 1. The number of ether oxygens (including phenoxy) is 1. The summed E-state index contributed by atoms with van der Waals surface area (Å²) in [6.45, 7) is 2.71. The maximum Gasteiger partial charge on any atom is 0.338 e. The standard InChI is InChI=1S/C16H24BrNO2/c1-2-3-4-5-6-7-8-11-20-16(19)13-9-10-14(17)15(18)12-13/h9-10,12H,2-8,11,18H2,1H3. The molecule has 0 heterocycles. The third kappa shape index (κ3) is 6.42. The average Bonchev–Trinajstić information content (AvgIpc) is 2.44. The first-order valence-corrected chi connectivity index (χ1v) is 8.16. The van der Waals surface area contributed by atoms with E-state index in [0.29, 0.717) is 17.9 Å². The third-order valence-electron chi connectivity index (χ3n) is 3.21. The fourth-order valence-electron chi connectivity index (χ4n) is 1.98. The van der Waals surface area contributed by atoms with Crippen molar-refractivity contribution >= 4 is 27.6 Å². The number of benzene rings is 1. The molecule has 0 amide bonds. The van der Waals surface area contributed by atoms with Gasteiger partial charge in [-0.2, -0.15) is 0 Å². The van der Waals surface area contributed by atoms with Gasteiger partial charge in [-0.1, -0.05) is 45.4 Å². The van der Waals surface area contributed by atoms with Gasteiger partial charge in [-0.05, 0) is 40.5 Å². The molecule has 0 unspecified atom stereocenters. The number of unbranched alkanes of at least 4 members (excludes halogenated alkanes) is 6. The molecule has 1 aromatic rings. The number of rotatable bonds is 9. The zero-order valence-corrected chi connectivity index (χ0v) is 13.7. The van der Waals surface area contributed by atoms with E-state index in [1.165, 1.54) is 32.1 Å². The lowest BCUT2D eigenvalue weighted by atomic mass is 10.1. The van der Waals surface area contributed by atoms with E-state index in [9.17, 15) is 4.79 Å². The highest BCUT2D eigenvalue weighted by Crippen LogP contribution is 2.20. The summed E-state index contributed by atoms with van der Waals surface area (Å²) in [6, 6.07) is 5.12. The Bertz CT molecular complexity index is 421. The predicted octanol–water partition coefficient (Wildman–Crippen LogP) is 4.94. The Hall–Kier alpha value is -1.03. The van der Waals surface area contributed by atoms with Crippen LogP contribution >= 0.6 is 15.9 Å². The molecule has 0 aromatic heterocycles. The Labute approximate surface area is 130 Å². The second kappa shape index (κ2) is 9.81. The van der Waals surface area contributed by atoms with E-state index in [-0.39, 0.29) is 5.97 Å². The lowest BCUT2D eigenvalue weighted by Gasteiger charge is -2.06. The topological polar surface area (TPSA) is 52.3 Å². The number of carbonyl (C=O) groups is 1. The van der Waals surface area contributed by atoms with Gasteiger partial charge in [-0.3, -0.25) is 0 Å². The molecule has 0 radical (unpaired) electrons. The van der Waals surface area contributed by atoms with E-state index in [1.54, 1.807) is 18.2 Å². The number of anilines is 1. The van der Waals surface area contributed by atoms with Crippen molar-refractivity contribution in [3.05, 3.63) is 28.2 Å². The molecule has 0 spiro atoms. The normalized spacial score (nSPS) is 10.5. The van der Waals surface area contributed by atoms with Crippen molar-refractivity contribution < 1.29 is 9.53 Å². The van der Waals surface area contributed by atoms with Crippen LogP contribution in [-0.4, -0.2) is 12.6 Å². The van der Waals surface area contributed by atoms with Gasteiger partial charge in [-0.15, -0.1) is 0 Å². The Morgan fingerprint density at radius 2 is 1.80 bits per heavy atom. The quantitative estimate of drug-likeness (QED) is 0.393. The first-order chi connectivity index (χ1) is 9.65. The van der Waals surface area contributed by atoms with Crippen molar-refractivity contribution in [1.82, 2.24) is 0 Å². The van der Waals surface area contributed by atoms with Crippen molar-refractivity contribution in [2.45, 2.75) is 51.9 Å². The highest BCUT2D eigenvalue weighted by atomic mass is 79.9. The van der Waals surface area contributed by atoms with E-state index in [1.807, 2.05) is 0 Å². The monoisotopic (exact) mass is 341 g/mol. The lowest BCUT2D eigenvalue weighted by Crippen LogP contribution is -2.07. The number of hydrogen-bond acceptors (Lipinski definition) is 3. The molecule has 0 saturated carbocycles. The second-order valence-electron chi connectivity index (χ2n) is 4.99. The largest absolute Gasteiger partial charge is 0.462 e. The van der Waals surface area contributed by atoms with Gasteiger partial charge >= 0.3 is 5.97 Å². The molecule has 2 N–H and O–H groups in total. The summed E-state index contributed by atoms with van der Waals surface area (Å²) < 4.78 is 6.03. The molecule has 20 heavy (non-hydrogen) atoms. The van der Waals surface area contributed by atoms with Crippen LogP contribution in [0.1, 0.15) is 62.2 Å². The Balaban J connectivity index is 2.15. The van der Waals surface area contributed by atoms with Gasteiger partial charge in [0.25, 0.3) is 0 Å². The summed E-state index contributed by atoms with van der Waals surface area (Å²) in [5.74, 6) is -0.296. The van der Waals surface area contributed by atoms with Gasteiger partial charge in [-0.25, -0.2) is 4.79 Å². The number of halogens is 1. The molecule has 0 fully saturated rings. The smallest absolute Gasteiger partial charge is 0.338 e. The van der Waals surface area contributed by atoms with Crippen LogP contribution in [0.25, 0.3) is 0 Å². The summed E-state index contributed by atoms with van der Waals surface area (Å²) >= 11 is 3.30. The van der Waals surface area contributed by atoms with E-state index in [4.69, 9.17) is 10.5 Å². The molecule has 0 aliphatic rings. The minimum atomic E-state index is -0.296. The van der Waals surface area contributed by atoms with Crippen LogP contribution in [0.5, 0.6) is 0 Å². The highest BCUT2D eigenvalue weighted by molar-refractivity contribution is 9.10. The van der Waals surface area contributed by atoms with Crippen LogP contribution in [0.2, 0.25) is 0 Å². The SMILES string of the molecule is CCCCCCCCCOC(=O)c1ccc(Br)c(N)c1. The van der Waals surface area contributed by atoms with Crippen LogP contribution in [0, 0.1) is 0 Å². The number of nitrogens with two attached hydrogens (primary N) is 1. The summed E-state index contributed by atoms with van der Waals surface area (Å²) in [6.07, 6.45) is 8.47. The summed E-state index contributed by atoms with van der Waals surface area (Å²) in [4.78, 5) is 11.8. The van der Waals surface area contributed by atoms with Gasteiger partial charge in [0.15, 0.2) is 0 Å². The lowest BCUT2D eigenvalue weighted by molar-refractivity contribution is 0.0497. The second-order valence-corrected chi connectivity index (χ2v) is 5.85. The first-order valence-electron chi connectivity index (χ1n) is 7.37. The van der Waals surface area contributed by atoms with E-state index < -0.39 is 0 Å². The molecular formula is C16H24BrNO2. The van der Waals surface area contributed by atoms with Crippen molar-refractivity contribution in [3.63, 3.8) is 0 Å². The van der Waals surface area contributed by atoms with Gasteiger partial charge < -0.3 is 10.5 Å². The van der Waals surface area contributed by atoms with Gasteiger partial charge in [0.05, 0.1) is 12.2 Å². The molecule has 3 nitrogen and oxygen atoms in total. The number of hydrogen-bond donors (Lipinski definition) is 1. The van der Waals surface area contributed by atoms with Gasteiger partial charge in [0.2, 0.25) is 0 Å². The zero-order valence-electron chi connectivity index (χ0n) is 12.2. The summed E-state index contributed by atoms with van der Waals surface area (Å²) in [5.41, 5.74) is 6.80. The van der Waals surface area contributed by atoms with Crippen LogP contribution in [0.4, 0.5) is 5.69 Å². The minimum Gasteiger partial charge on any atom is -0.462 e. The summed E-state index contributed by atoms with van der Waals surface area (Å²) in [5, 5.41) is 0. The van der Waals surface area contributed by atoms with Gasteiger partial charge in [0, 0.05) is 10.2 Å². The van der Waals surface area contributed by atoms with Crippen LogP contribution in [-0.2, 0) is 4.74 Å². The number of carbonyl (C=O) groups excluding carboxylic acids is 1. The Morgan fingerprint density at radius 3 is 2.45 bits per heavy atom. The maximum atomic E-state index is 11.8. The van der Waals surface area contributed by atoms with E-state index >= 15 is 0 Å². The molecular weight excluding hydrogens is 318 g/mol. The van der Waals surface area contributed by atoms with E-state index in [2.05, 4.69) is 22.9 Å². The molecule has 0 bridgehead atoms. The Kier molecular flexibility index (Phi) is 8.35. The predicted molar refractivity (Wildman–Crippen MR) is 86.8 cm³/mol. The zero-order chi connectivity index (χ0) is 14.8. The molecule has 1 rings (SSSR count). The molecule has 0 atom stereocenters. The third-order valence-corrected chi connectivity index (χ3v) is 3.93. The fourth-order valence-corrected chi connectivity index (χ4v) is 2.22. The number of esters is 1. The van der Waals surface area contributed by atoms with E-state index in [0.717, 1.165) is 17.3 Å². The van der Waals surface area contributed by atoms with Crippen LogP contribution in [0.3, 0.4) is 0 Å². The van der Waals surface area contributed by atoms with Gasteiger partial charge in [0.1, 0.15) is 0 Å². The first kappa shape index (κ1) is 17.0. The summed E-state index contributed by atoms with van der Waals surface area (Å²) in [7, 11) is 0. The molecule has 0 aliphatic carbocycles. The molecule has 0 aliphatic heterocycles. The Morgan fingerprint density at radius 1 is 1.15 bits per heavy atom. The van der Waals surface area contributed by atoms with Crippen molar-refractivity contribution in [2.75, 3.05) is 12.3 Å². The van der Waals surface area contributed by atoms with Crippen molar-refractivity contribution in [1.29, 1.82) is 0 Å². The molecule has 4 heteroatoms. The van der Waals surface area contributed by atoms with Crippen LogP contribution < -0.4 is 5.73 Å². The highest BCUT2D eigenvalue weighted by Gasteiger charge is 2.08. The molecule has 0 saturated heterocycles. The maximum absolute atomic E-state index is 11.8. The van der Waals surface area contributed by atoms with Crippen molar-refractivity contribution in [2.24, 2.45) is 0 Å². The average molecular weight is 342 g/mol. The fraction of sp³-hybridized carbons (Fsp3) is 0.562. The molecule has 1 aromatic carbocycles. The molecule has 112 valence electrons.